The van der Waals surface area contributed by atoms with Crippen molar-refractivity contribution in [2.75, 3.05) is 26.2 Å². The summed E-state index contributed by atoms with van der Waals surface area (Å²) in [6, 6.07) is 4.99. The van der Waals surface area contributed by atoms with Crippen molar-refractivity contribution in [2.24, 2.45) is 0 Å². The summed E-state index contributed by atoms with van der Waals surface area (Å²) in [4.78, 5) is 11.2. The third-order valence-corrected chi connectivity index (χ3v) is 7.38. The predicted octanol–water partition coefficient (Wildman–Crippen LogP) is 1.09. The van der Waals surface area contributed by atoms with Gasteiger partial charge in [0.05, 0.1) is 16.4 Å². The van der Waals surface area contributed by atoms with Crippen LogP contribution in [0.1, 0.15) is 32.6 Å². The number of hydrogen-bond donors (Lipinski definition) is 1. The molecule has 146 valence electrons. The standard InChI is InChI=1S/C16H24N2O6S2/c1-2-24-16(19)13-17-25(20,21)14-7-9-15(10-8-14)26(22,23)18-11-5-3-4-6-12-18/h7-10,17H,2-6,11-13H2,1H3. The number of esters is 1. The van der Waals surface area contributed by atoms with Crippen molar-refractivity contribution in [1.82, 2.24) is 9.03 Å². The van der Waals surface area contributed by atoms with Gasteiger partial charge in [0.2, 0.25) is 20.0 Å². The smallest absolute Gasteiger partial charge is 0.321 e. The topological polar surface area (TPSA) is 110 Å². The van der Waals surface area contributed by atoms with E-state index in [0.29, 0.717) is 13.1 Å². The minimum Gasteiger partial charge on any atom is -0.465 e. The van der Waals surface area contributed by atoms with Crippen molar-refractivity contribution in [3.63, 3.8) is 0 Å². The highest BCUT2D eigenvalue weighted by atomic mass is 32.2. The van der Waals surface area contributed by atoms with Crippen molar-refractivity contribution in [1.29, 1.82) is 0 Å². The Hall–Kier alpha value is -1.49. The van der Waals surface area contributed by atoms with Crippen LogP contribution < -0.4 is 4.72 Å². The molecule has 1 aromatic rings. The van der Waals surface area contributed by atoms with Crippen LogP contribution in [-0.4, -0.2) is 53.4 Å². The van der Waals surface area contributed by atoms with Crippen molar-refractivity contribution in [3.05, 3.63) is 24.3 Å². The van der Waals surface area contributed by atoms with Crippen molar-refractivity contribution >= 4 is 26.0 Å². The van der Waals surface area contributed by atoms with Crippen LogP contribution in [0.2, 0.25) is 0 Å². The fraction of sp³-hybridized carbons (Fsp3) is 0.562. The van der Waals surface area contributed by atoms with Gasteiger partial charge in [-0.25, -0.2) is 16.8 Å². The summed E-state index contributed by atoms with van der Waals surface area (Å²) < 4.78 is 58.0. The number of ether oxygens (including phenoxy) is 1. The van der Waals surface area contributed by atoms with Gasteiger partial charge in [-0.05, 0) is 44.0 Å². The van der Waals surface area contributed by atoms with Crippen LogP contribution in [0, 0.1) is 0 Å². The summed E-state index contributed by atoms with van der Waals surface area (Å²) in [6.07, 6.45) is 3.66. The third-order valence-electron chi connectivity index (χ3n) is 4.05. The van der Waals surface area contributed by atoms with E-state index in [-0.39, 0.29) is 16.4 Å². The summed E-state index contributed by atoms with van der Waals surface area (Å²) >= 11 is 0. The summed E-state index contributed by atoms with van der Waals surface area (Å²) in [7, 11) is -7.56. The molecule has 10 heteroatoms. The molecule has 1 N–H and O–H groups in total. The van der Waals surface area contributed by atoms with Crippen LogP contribution >= 0.6 is 0 Å². The number of nitrogens with one attached hydrogen (secondary N) is 1. The summed E-state index contributed by atoms with van der Waals surface area (Å²) in [5.41, 5.74) is 0. The lowest BCUT2D eigenvalue weighted by molar-refractivity contribution is -0.141. The highest BCUT2D eigenvalue weighted by molar-refractivity contribution is 7.89. The van der Waals surface area contributed by atoms with Gasteiger partial charge in [0.15, 0.2) is 0 Å². The molecule has 1 fully saturated rings. The molecule has 1 aliphatic rings. The quantitative estimate of drug-likeness (QED) is 0.681. The van der Waals surface area contributed by atoms with Gasteiger partial charge in [0.1, 0.15) is 6.54 Å². The highest BCUT2D eigenvalue weighted by Crippen LogP contribution is 2.21. The number of benzene rings is 1. The molecule has 1 saturated heterocycles. The molecule has 8 nitrogen and oxygen atoms in total. The number of sulfonamides is 2. The number of carbonyl (C=O) groups excluding carboxylic acids is 1. The fourth-order valence-corrected chi connectivity index (χ4v) is 5.16. The van der Waals surface area contributed by atoms with E-state index in [4.69, 9.17) is 0 Å². The number of carbonyl (C=O) groups is 1. The molecule has 0 saturated carbocycles. The second kappa shape index (κ2) is 8.94. The molecule has 0 amide bonds. The van der Waals surface area contributed by atoms with Crippen LogP contribution in [0.25, 0.3) is 0 Å². The summed E-state index contributed by atoms with van der Waals surface area (Å²) in [6.45, 7) is 2.25. The largest absolute Gasteiger partial charge is 0.465 e. The lowest BCUT2D eigenvalue weighted by Crippen LogP contribution is -2.32. The van der Waals surface area contributed by atoms with Gasteiger partial charge in [-0.2, -0.15) is 9.03 Å². The molecule has 26 heavy (non-hydrogen) atoms. The zero-order chi connectivity index (χ0) is 19.2. The van der Waals surface area contributed by atoms with E-state index in [2.05, 4.69) is 9.46 Å². The SMILES string of the molecule is CCOC(=O)CNS(=O)(=O)c1ccc(S(=O)(=O)N2CCCCCC2)cc1. The maximum absolute atomic E-state index is 12.7. The highest BCUT2D eigenvalue weighted by Gasteiger charge is 2.26. The first-order chi connectivity index (χ1) is 12.3. The Morgan fingerprint density at radius 2 is 1.54 bits per heavy atom. The van der Waals surface area contributed by atoms with Crippen molar-refractivity contribution < 1.29 is 26.4 Å². The summed E-state index contributed by atoms with van der Waals surface area (Å²) in [5, 5.41) is 0. The lowest BCUT2D eigenvalue weighted by Gasteiger charge is -2.20. The van der Waals surface area contributed by atoms with Crippen LogP contribution in [0.4, 0.5) is 0 Å². The zero-order valence-electron chi connectivity index (χ0n) is 14.7. The first-order valence-corrected chi connectivity index (χ1v) is 11.4. The Balaban J connectivity index is 2.12. The maximum atomic E-state index is 12.7. The van der Waals surface area contributed by atoms with Gasteiger partial charge >= 0.3 is 5.97 Å². The van der Waals surface area contributed by atoms with E-state index in [1.165, 1.54) is 28.6 Å². The Kier molecular flexibility index (Phi) is 7.16. The van der Waals surface area contributed by atoms with E-state index in [0.717, 1.165) is 25.7 Å². The second-order valence-electron chi connectivity index (χ2n) is 5.92. The predicted molar refractivity (Wildman–Crippen MR) is 95.5 cm³/mol. The first-order valence-electron chi connectivity index (χ1n) is 8.53. The van der Waals surface area contributed by atoms with Crippen LogP contribution in [0.15, 0.2) is 34.1 Å². The van der Waals surface area contributed by atoms with E-state index in [1.54, 1.807) is 6.92 Å². The zero-order valence-corrected chi connectivity index (χ0v) is 16.3. The first kappa shape index (κ1) is 20.8. The summed E-state index contributed by atoms with van der Waals surface area (Å²) in [5.74, 6) is -0.684. The fourth-order valence-electron chi connectivity index (χ4n) is 2.67. The Labute approximate surface area is 154 Å². The van der Waals surface area contributed by atoms with E-state index < -0.39 is 32.6 Å². The molecular formula is C16H24N2O6S2. The van der Waals surface area contributed by atoms with Crippen LogP contribution in [0.5, 0.6) is 0 Å². The number of hydrogen-bond acceptors (Lipinski definition) is 6. The molecule has 1 aromatic carbocycles. The third kappa shape index (κ3) is 5.26. The van der Waals surface area contributed by atoms with E-state index >= 15 is 0 Å². The molecule has 0 spiro atoms. The van der Waals surface area contributed by atoms with Gasteiger partial charge in [-0.1, -0.05) is 12.8 Å². The molecule has 0 unspecified atom stereocenters. The van der Waals surface area contributed by atoms with E-state index in [9.17, 15) is 21.6 Å². The Bertz CT molecular complexity index is 811. The van der Waals surface area contributed by atoms with Gasteiger partial charge in [0.25, 0.3) is 0 Å². The molecule has 0 aromatic heterocycles. The lowest BCUT2D eigenvalue weighted by atomic mass is 10.2. The van der Waals surface area contributed by atoms with Gasteiger partial charge in [-0.15, -0.1) is 0 Å². The molecule has 0 atom stereocenters. The van der Waals surface area contributed by atoms with Gasteiger partial charge in [-0.3, -0.25) is 4.79 Å². The average Bonchev–Trinajstić information content (AvgIpc) is 2.90. The number of nitrogens with zero attached hydrogens (tertiary/aromatic N) is 1. The van der Waals surface area contributed by atoms with Crippen LogP contribution in [-0.2, 0) is 29.6 Å². The molecule has 1 aliphatic heterocycles. The van der Waals surface area contributed by atoms with Gasteiger partial charge in [0, 0.05) is 13.1 Å². The minimum absolute atomic E-state index is 0.0590. The van der Waals surface area contributed by atoms with Gasteiger partial charge < -0.3 is 4.74 Å². The minimum atomic E-state index is -3.93. The maximum Gasteiger partial charge on any atom is 0.321 e. The molecule has 0 bridgehead atoms. The average molecular weight is 405 g/mol. The molecular weight excluding hydrogens is 380 g/mol. The van der Waals surface area contributed by atoms with Crippen LogP contribution in [0.3, 0.4) is 0 Å². The second-order valence-corrected chi connectivity index (χ2v) is 9.62. The normalized spacial score (nSPS) is 16.8. The van der Waals surface area contributed by atoms with E-state index in [1.807, 2.05) is 0 Å². The Morgan fingerprint density at radius 1 is 1.00 bits per heavy atom. The van der Waals surface area contributed by atoms with Crippen molar-refractivity contribution in [2.45, 2.75) is 42.4 Å². The Morgan fingerprint density at radius 3 is 2.08 bits per heavy atom. The molecule has 2 rings (SSSR count). The molecule has 1 heterocycles. The molecule has 0 aliphatic carbocycles. The monoisotopic (exact) mass is 404 g/mol. The number of rotatable bonds is 7. The molecule has 0 radical (unpaired) electrons. The van der Waals surface area contributed by atoms with Crippen molar-refractivity contribution in [3.8, 4) is 0 Å².